The maximum atomic E-state index is 6.35. The molecule has 1 fully saturated rings. The average Bonchev–Trinajstić information content (AvgIpc) is 2.59. The van der Waals surface area contributed by atoms with E-state index in [1.807, 2.05) is 0 Å². The summed E-state index contributed by atoms with van der Waals surface area (Å²) in [6, 6.07) is 0.494. The highest BCUT2D eigenvalue weighted by Crippen LogP contribution is 2.34. The van der Waals surface area contributed by atoms with Crippen molar-refractivity contribution < 1.29 is 0 Å². The first-order valence-electron chi connectivity index (χ1n) is 7.35. The van der Waals surface area contributed by atoms with Gasteiger partial charge in [-0.15, -0.1) is 11.3 Å². The highest BCUT2D eigenvalue weighted by Gasteiger charge is 2.16. The van der Waals surface area contributed by atoms with Crippen molar-refractivity contribution in [1.82, 2.24) is 9.97 Å². The van der Waals surface area contributed by atoms with Crippen LogP contribution in [0.2, 0.25) is 5.15 Å². The van der Waals surface area contributed by atoms with Crippen LogP contribution in [-0.4, -0.2) is 16.0 Å². The predicted molar refractivity (Wildman–Crippen MR) is 87.0 cm³/mol. The van der Waals surface area contributed by atoms with E-state index in [4.69, 9.17) is 11.6 Å². The monoisotopic (exact) mass is 309 g/mol. The fourth-order valence-electron chi connectivity index (χ4n) is 2.87. The van der Waals surface area contributed by atoms with E-state index >= 15 is 0 Å². The molecule has 0 bridgehead atoms. The molecule has 2 heterocycles. The largest absolute Gasteiger partial charge is 0.351 e. The minimum Gasteiger partial charge on any atom is -0.351 e. The van der Waals surface area contributed by atoms with Gasteiger partial charge in [0.15, 0.2) is 0 Å². The van der Waals surface area contributed by atoms with E-state index < -0.39 is 0 Å². The number of aromatic nitrogens is 2. The van der Waals surface area contributed by atoms with Crippen molar-refractivity contribution >= 4 is 39.1 Å². The number of hydrogen-bond donors (Lipinski definition) is 1. The van der Waals surface area contributed by atoms with Gasteiger partial charge in [0.1, 0.15) is 9.98 Å². The number of nitrogens with zero attached hydrogens (tertiary/aromatic N) is 2. The Morgan fingerprint density at radius 1 is 1.10 bits per heavy atom. The molecule has 0 unspecified atom stereocenters. The third-order valence-electron chi connectivity index (χ3n) is 4.17. The third-order valence-corrected chi connectivity index (χ3v) is 5.55. The van der Waals surface area contributed by atoms with Gasteiger partial charge >= 0.3 is 0 Å². The summed E-state index contributed by atoms with van der Waals surface area (Å²) in [6.45, 7) is 4.19. The number of halogens is 1. The maximum Gasteiger partial charge on any atom is 0.225 e. The van der Waals surface area contributed by atoms with Crippen LogP contribution in [0, 0.1) is 13.8 Å². The Morgan fingerprint density at radius 2 is 1.80 bits per heavy atom. The molecule has 2 aromatic heterocycles. The number of thiophene rings is 1. The first-order chi connectivity index (χ1) is 9.65. The minimum absolute atomic E-state index is 0.494. The molecule has 1 aliphatic carbocycles. The standard InChI is InChI=1S/C15H20ClN3S/c1-9-10(2)20-14-12(9)13(16)18-15(19-14)17-11-7-5-3-4-6-8-11/h11H,3-8H2,1-2H3,(H,17,18,19). The summed E-state index contributed by atoms with van der Waals surface area (Å²) >= 11 is 8.04. The van der Waals surface area contributed by atoms with Gasteiger partial charge in [-0.05, 0) is 32.3 Å². The Balaban J connectivity index is 1.88. The topological polar surface area (TPSA) is 37.8 Å². The van der Waals surface area contributed by atoms with E-state index in [-0.39, 0.29) is 0 Å². The lowest BCUT2D eigenvalue weighted by molar-refractivity contribution is 0.615. The molecule has 1 saturated carbocycles. The molecule has 0 spiro atoms. The summed E-state index contributed by atoms with van der Waals surface area (Å²) in [5.41, 5.74) is 1.20. The van der Waals surface area contributed by atoms with Gasteiger partial charge in [0.2, 0.25) is 5.95 Å². The lowest BCUT2D eigenvalue weighted by atomic mass is 10.1. The summed E-state index contributed by atoms with van der Waals surface area (Å²) in [6.07, 6.45) is 7.71. The van der Waals surface area contributed by atoms with Crippen LogP contribution < -0.4 is 5.32 Å². The van der Waals surface area contributed by atoms with Crippen LogP contribution in [-0.2, 0) is 0 Å². The molecule has 5 heteroatoms. The van der Waals surface area contributed by atoms with Gasteiger partial charge in [0, 0.05) is 10.9 Å². The number of fused-ring (bicyclic) bond motifs is 1. The molecule has 1 aliphatic rings. The predicted octanol–water partition coefficient (Wildman–Crippen LogP) is 5.10. The molecule has 0 saturated heterocycles. The van der Waals surface area contributed by atoms with E-state index in [9.17, 15) is 0 Å². The highest BCUT2D eigenvalue weighted by atomic mass is 35.5. The molecule has 0 amide bonds. The van der Waals surface area contributed by atoms with Crippen molar-refractivity contribution in [2.24, 2.45) is 0 Å². The summed E-state index contributed by atoms with van der Waals surface area (Å²) in [5, 5.41) is 5.07. The second-order valence-electron chi connectivity index (χ2n) is 5.63. The summed E-state index contributed by atoms with van der Waals surface area (Å²) in [7, 11) is 0. The highest BCUT2D eigenvalue weighted by molar-refractivity contribution is 7.18. The Morgan fingerprint density at radius 3 is 2.50 bits per heavy atom. The quantitative estimate of drug-likeness (QED) is 0.619. The van der Waals surface area contributed by atoms with Crippen molar-refractivity contribution in [3.63, 3.8) is 0 Å². The van der Waals surface area contributed by atoms with Crippen molar-refractivity contribution in [1.29, 1.82) is 0 Å². The van der Waals surface area contributed by atoms with Crippen molar-refractivity contribution in [2.75, 3.05) is 5.32 Å². The molecule has 20 heavy (non-hydrogen) atoms. The number of rotatable bonds is 2. The smallest absolute Gasteiger partial charge is 0.225 e. The molecule has 0 atom stereocenters. The van der Waals surface area contributed by atoms with Gasteiger partial charge in [0.25, 0.3) is 0 Å². The number of anilines is 1. The fraction of sp³-hybridized carbons (Fsp3) is 0.600. The Bertz CT molecular complexity index is 615. The molecule has 3 nitrogen and oxygen atoms in total. The Labute approximate surface area is 128 Å². The van der Waals surface area contributed by atoms with Gasteiger partial charge in [-0.2, -0.15) is 0 Å². The van der Waals surface area contributed by atoms with Gasteiger partial charge in [0.05, 0.1) is 5.39 Å². The molecule has 2 aromatic rings. The van der Waals surface area contributed by atoms with Gasteiger partial charge in [-0.1, -0.05) is 37.3 Å². The van der Waals surface area contributed by atoms with Crippen LogP contribution in [0.1, 0.15) is 49.0 Å². The van der Waals surface area contributed by atoms with Crippen LogP contribution >= 0.6 is 22.9 Å². The average molecular weight is 310 g/mol. The van der Waals surface area contributed by atoms with Crippen LogP contribution in [0.4, 0.5) is 5.95 Å². The fourth-order valence-corrected chi connectivity index (χ4v) is 4.27. The zero-order valence-corrected chi connectivity index (χ0v) is 13.6. The second kappa shape index (κ2) is 5.86. The van der Waals surface area contributed by atoms with Crippen molar-refractivity contribution in [2.45, 2.75) is 58.4 Å². The van der Waals surface area contributed by atoms with E-state index in [2.05, 4.69) is 29.1 Å². The zero-order chi connectivity index (χ0) is 14.1. The number of aryl methyl sites for hydroxylation is 2. The minimum atomic E-state index is 0.494. The molecule has 0 radical (unpaired) electrons. The molecule has 1 N–H and O–H groups in total. The van der Waals surface area contributed by atoms with E-state index in [0.29, 0.717) is 17.1 Å². The van der Waals surface area contributed by atoms with E-state index in [1.165, 1.54) is 49.0 Å². The summed E-state index contributed by atoms with van der Waals surface area (Å²) in [4.78, 5) is 11.4. The van der Waals surface area contributed by atoms with E-state index in [0.717, 1.165) is 10.2 Å². The number of nitrogens with one attached hydrogen (secondary N) is 1. The van der Waals surface area contributed by atoms with Crippen molar-refractivity contribution in [3.8, 4) is 0 Å². The van der Waals surface area contributed by atoms with Crippen LogP contribution in [0.25, 0.3) is 10.2 Å². The van der Waals surface area contributed by atoms with Crippen LogP contribution in [0.15, 0.2) is 0 Å². The Kier molecular flexibility index (Phi) is 4.13. The summed E-state index contributed by atoms with van der Waals surface area (Å²) < 4.78 is 0. The van der Waals surface area contributed by atoms with Gasteiger partial charge in [-0.25, -0.2) is 9.97 Å². The summed E-state index contributed by atoms with van der Waals surface area (Å²) in [5.74, 6) is 0.690. The first kappa shape index (κ1) is 14.1. The lowest BCUT2D eigenvalue weighted by Gasteiger charge is -2.16. The molecular formula is C15H20ClN3S. The third kappa shape index (κ3) is 2.77. The Hall–Kier alpha value is -0.870. The first-order valence-corrected chi connectivity index (χ1v) is 8.54. The molecule has 3 rings (SSSR count). The molecule has 0 aliphatic heterocycles. The van der Waals surface area contributed by atoms with Crippen molar-refractivity contribution in [3.05, 3.63) is 15.6 Å². The second-order valence-corrected chi connectivity index (χ2v) is 7.20. The lowest BCUT2D eigenvalue weighted by Crippen LogP contribution is -2.19. The van der Waals surface area contributed by atoms with Crippen LogP contribution in [0.3, 0.4) is 0 Å². The van der Waals surface area contributed by atoms with Gasteiger partial charge in [-0.3, -0.25) is 0 Å². The van der Waals surface area contributed by atoms with Gasteiger partial charge < -0.3 is 5.32 Å². The normalized spacial score (nSPS) is 17.4. The SMILES string of the molecule is Cc1sc2nc(NC3CCCCCC3)nc(Cl)c2c1C. The maximum absolute atomic E-state index is 6.35. The van der Waals surface area contributed by atoms with Crippen LogP contribution in [0.5, 0.6) is 0 Å². The molecular weight excluding hydrogens is 290 g/mol. The zero-order valence-electron chi connectivity index (χ0n) is 12.0. The van der Waals surface area contributed by atoms with E-state index in [1.54, 1.807) is 11.3 Å². The molecule has 0 aromatic carbocycles. The molecule has 108 valence electrons. The number of hydrogen-bond acceptors (Lipinski definition) is 4.